The maximum Gasteiger partial charge on any atom is 0.251 e. The Morgan fingerprint density at radius 2 is 2.06 bits per heavy atom. The Balaban J connectivity index is 2.16. The van der Waals surface area contributed by atoms with Gasteiger partial charge in [-0.1, -0.05) is 35.3 Å². The second-order valence-corrected chi connectivity index (χ2v) is 5.18. The summed E-state index contributed by atoms with van der Waals surface area (Å²) in [6.07, 6.45) is 2.16. The summed E-state index contributed by atoms with van der Waals surface area (Å²) in [6.45, 7) is 0. The van der Waals surface area contributed by atoms with E-state index in [0.29, 0.717) is 27.2 Å². The number of halogens is 2. The van der Waals surface area contributed by atoms with Gasteiger partial charge in [0.2, 0.25) is 0 Å². The van der Waals surface area contributed by atoms with Gasteiger partial charge in [-0.25, -0.2) is 4.98 Å². The van der Waals surface area contributed by atoms with Gasteiger partial charge in [-0.2, -0.15) is 0 Å². The smallest absolute Gasteiger partial charge is 0.251 e. The number of H-pyrrole nitrogens is 1. The van der Waals surface area contributed by atoms with E-state index in [1.54, 1.807) is 12.1 Å². The topological polar surface area (TPSA) is 45.8 Å². The molecule has 0 atom stereocenters. The van der Waals surface area contributed by atoms with Crippen LogP contribution in [0.3, 0.4) is 0 Å². The van der Waals surface area contributed by atoms with Crippen LogP contribution in [0.4, 0.5) is 0 Å². The fourth-order valence-electron chi connectivity index (χ4n) is 1.87. The van der Waals surface area contributed by atoms with Crippen LogP contribution in [0.2, 0.25) is 10.0 Å². The molecule has 1 heterocycles. The largest absolute Gasteiger partial charge is 0.310 e. The molecule has 0 amide bonds. The molecule has 1 aromatic heterocycles. The zero-order chi connectivity index (χ0) is 12.7. The van der Waals surface area contributed by atoms with Gasteiger partial charge in [0.1, 0.15) is 5.82 Å². The highest BCUT2D eigenvalue weighted by Crippen LogP contribution is 2.38. The van der Waals surface area contributed by atoms with Gasteiger partial charge in [-0.3, -0.25) is 4.79 Å². The van der Waals surface area contributed by atoms with Gasteiger partial charge in [0.05, 0.1) is 15.7 Å². The van der Waals surface area contributed by atoms with E-state index < -0.39 is 0 Å². The van der Waals surface area contributed by atoms with Crippen molar-refractivity contribution < 1.29 is 0 Å². The predicted octanol–water partition coefficient (Wildman–Crippen LogP) is 3.62. The van der Waals surface area contributed by atoms with Crippen LogP contribution in [-0.2, 0) is 0 Å². The zero-order valence-electron chi connectivity index (χ0n) is 9.41. The number of aromatic amines is 1. The second kappa shape index (κ2) is 4.41. The zero-order valence-corrected chi connectivity index (χ0v) is 10.9. The fourth-order valence-corrected chi connectivity index (χ4v) is 2.26. The molecule has 0 saturated heterocycles. The number of nitrogens with one attached hydrogen (secondary N) is 1. The maximum atomic E-state index is 11.6. The molecule has 1 N–H and O–H groups in total. The normalized spacial score (nSPS) is 14.8. The van der Waals surface area contributed by atoms with E-state index in [0.717, 1.165) is 18.7 Å². The van der Waals surface area contributed by atoms with Crippen molar-refractivity contribution >= 4 is 23.2 Å². The van der Waals surface area contributed by atoms with Gasteiger partial charge < -0.3 is 4.98 Å². The highest BCUT2D eigenvalue weighted by atomic mass is 35.5. The van der Waals surface area contributed by atoms with Crippen LogP contribution < -0.4 is 5.56 Å². The minimum Gasteiger partial charge on any atom is -0.310 e. The number of aromatic nitrogens is 2. The Morgan fingerprint density at radius 1 is 1.28 bits per heavy atom. The van der Waals surface area contributed by atoms with Crippen molar-refractivity contribution in [1.29, 1.82) is 0 Å². The van der Waals surface area contributed by atoms with Crippen molar-refractivity contribution in [2.75, 3.05) is 0 Å². The minimum atomic E-state index is -0.155. The van der Waals surface area contributed by atoms with Gasteiger partial charge in [-0.05, 0) is 18.9 Å². The summed E-state index contributed by atoms with van der Waals surface area (Å²) in [5.41, 5.74) is 1.11. The van der Waals surface area contributed by atoms with E-state index in [4.69, 9.17) is 23.2 Å². The number of benzene rings is 1. The fraction of sp³-hybridized carbons (Fsp3) is 0.231. The van der Waals surface area contributed by atoms with Crippen LogP contribution in [0.15, 0.2) is 29.1 Å². The second-order valence-electron chi connectivity index (χ2n) is 4.39. The van der Waals surface area contributed by atoms with Crippen molar-refractivity contribution in [3.05, 3.63) is 50.5 Å². The Kier molecular flexibility index (Phi) is 2.88. The van der Waals surface area contributed by atoms with E-state index in [2.05, 4.69) is 9.97 Å². The standard InChI is InChI=1S/C13H10Cl2N2O/c14-9-3-1-2-8(12(9)15)10-6-11(18)17-13(16-10)7-4-5-7/h1-3,6-7H,4-5H2,(H,16,17,18). The van der Waals surface area contributed by atoms with Crippen LogP contribution in [0.25, 0.3) is 11.3 Å². The van der Waals surface area contributed by atoms with E-state index in [1.807, 2.05) is 6.07 Å². The highest BCUT2D eigenvalue weighted by molar-refractivity contribution is 6.43. The monoisotopic (exact) mass is 280 g/mol. The lowest BCUT2D eigenvalue weighted by molar-refractivity contribution is 0.912. The molecule has 1 aromatic carbocycles. The molecule has 92 valence electrons. The van der Waals surface area contributed by atoms with Crippen LogP contribution in [0.5, 0.6) is 0 Å². The average Bonchev–Trinajstić information content (AvgIpc) is 3.16. The van der Waals surface area contributed by atoms with Crippen molar-refractivity contribution in [1.82, 2.24) is 9.97 Å². The summed E-state index contributed by atoms with van der Waals surface area (Å²) >= 11 is 12.1. The summed E-state index contributed by atoms with van der Waals surface area (Å²) in [5, 5.41) is 0.892. The van der Waals surface area contributed by atoms with Crippen LogP contribution in [0.1, 0.15) is 24.6 Å². The SMILES string of the molecule is O=c1cc(-c2cccc(Cl)c2Cl)nc(C2CC2)[nH]1. The lowest BCUT2D eigenvalue weighted by Gasteiger charge is -2.06. The van der Waals surface area contributed by atoms with Gasteiger partial charge >= 0.3 is 0 Å². The van der Waals surface area contributed by atoms with Crippen molar-refractivity contribution in [2.24, 2.45) is 0 Å². The average molecular weight is 281 g/mol. The first-order chi connectivity index (χ1) is 8.65. The Bertz CT molecular complexity index is 662. The molecule has 1 aliphatic rings. The Labute approximate surface area is 114 Å². The maximum absolute atomic E-state index is 11.6. The van der Waals surface area contributed by atoms with Crippen molar-refractivity contribution in [3.8, 4) is 11.3 Å². The molecule has 0 bridgehead atoms. The number of hydrogen-bond acceptors (Lipinski definition) is 2. The summed E-state index contributed by atoms with van der Waals surface area (Å²) in [7, 11) is 0. The Hall–Kier alpha value is -1.32. The molecule has 2 aromatic rings. The van der Waals surface area contributed by atoms with Crippen LogP contribution >= 0.6 is 23.2 Å². The Morgan fingerprint density at radius 3 is 2.78 bits per heavy atom. The summed E-state index contributed by atoms with van der Waals surface area (Å²) < 4.78 is 0. The molecule has 0 unspecified atom stereocenters. The minimum absolute atomic E-state index is 0.155. The lowest BCUT2D eigenvalue weighted by Crippen LogP contribution is -2.10. The highest BCUT2D eigenvalue weighted by Gasteiger charge is 2.26. The van der Waals surface area contributed by atoms with E-state index >= 15 is 0 Å². The first-order valence-electron chi connectivity index (χ1n) is 5.71. The van der Waals surface area contributed by atoms with Gasteiger partial charge in [0, 0.05) is 17.5 Å². The molecular formula is C13H10Cl2N2O. The summed E-state index contributed by atoms with van der Waals surface area (Å²) in [5.74, 6) is 1.13. The van der Waals surface area contributed by atoms with Gasteiger partial charge in [0.25, 0.3) is 5.56 Å². The molecule has 3 rings (SSSR count). The molecule has 0 aliphatic heterocycles. The first-order valence-corrected chi connectivity index (χ1v) is 6.46. The lowest BCUT2D eigenvalue weighted by atomic mass is 10.1. The predicted molar refractivity (Wildman–Crippen MR) is 72.3 cm³/mol. The number of nitrogens with zero attached hydrogens (tertiary/aromatic N) is 1. The first kappa shape index (κ1) is 11.8. The quantitative estimate of drug-likeness (QED) is 0.913. The van der Waals surface area contributed by atoms with Crippen LogP contribution in [0, 0.1) is 0 Å². The third-order valence-corrected chi connectivity index (χ3v) is 3.77. The summed E-state index contributed by atoms with van der Waals surface area (Å²) in [6, 6.07) is 6.77. The third-order valence-electron chi connectivity index (χ3n) is 2.95. The molecule has 1 saturated carbocycles. The van der Waals surface area contributed by atoms with Gasteiger partial charge in [0.15, 0.2) is 0 Å². The van der Waals surface area contributed by atoms with E-state index in [1.165, 1.54) is 6.07 Å². The molecule has 18 heavy (non-hydrogen) atoms. The van der Waals surface area contributed by atoms with Crippen molar-refractivity contribution in [2.45, 2.75) is 18.8 Å². The van der Waals surface area contributed by atoms with E-state index in [-0.39, 0.29) is 5.56 Å². The molecule has 1 aliphatic carbocycles. The molecule has 0 radical (unpaired) electrons. The summed E-state index contributed by atoms with van der Waals surface area (Å²) in [4.78, 5) is 18.9. The molecule has 1 fully saturated rings. The molecule has 5 heteroatoms. The van der Waals surface area contributed by atoms with E-state index in [9.17, 15) is 4.79 Å². The number of rotatable bonds is 2. The molecular weight excluding hydrogens is 271 g/mol. The van der Waals surface area contributed by atoms with Gasteiger partial charge in [-0.15, -0.1) is 0 Å². The van der Waals surface area contributed by atoms with Crippen molar-refractivity contribution in [3.63, 3.8) is 0 Å². The third kappa shape index (κ3) is 2.16. The van der Waals surface area contributed by atoms with Crippen LogP contribution in [-0.4, -0.2) is 9.97 Å². The molecule has 3 nitrogen and oxygen atoms in total. The molecule has 0 spiro atoms. The number of hydrogen-bond donors (Lipinski definition) is 1.